The number of hydrogen-bond acceptors (Lipinski definition) is 2. The Morgan fingerprint density at radius 1 is 1.43 bits per heavy atom. The van der Waals surface area contributed by atoms with Crippen molar-refractivity contribution >= 4 is 28.5 Å². The second-order valence-corrected chi connectivity index (χ2v) is 3.16. The number of aromatic carboxylic acids is 1. The van der Waals surface area contributed by atoms with Crippen LogP contribution in [-0.2, 0) is 0 Å². The van der Waals surface area contributed by atoms with Crippen LogP contribution >= 0.6 is 11.6 Å². The average Bonchev–Trinajstić information content (AvgIpc) is 2.47. The minimum Gasteiger partial charge on any atom is -0.475 e. The zero-order valence-electron chi connectivity index (χ0n) is 6.75. The Labute approximate surface area is 82.7 Å². The zero-order valence-corrected chi connectivity index (χ0v) is 7.51. The van der Waals surface area contributed by atoms with Crippen LogP contribution < -0.4 is 0 Å². The Morgan fingerprint density at radius 3 is 2.79 bits per heavy atom. The molecular formula is C9H4ClFO3. The normalized spacial score (nSPS) is 10.7. The van der Waals surface area contributed by atoms with Gasteiger partial charge in [0.25, 0.3) is 0 Å². The lowest BCUT2D eigenvalue weighted by molar-refractivity contribution is 0.0665. The fourth-order valence-electron chi connectivity index (χ4n) is 1.18. The number of carboxylic acids is 1. The molecule has 0 saturated carbocycles. The van der Waals surface area contributed by atoms with Crippen molar-refractivity contribution in [3.05, 3.63) is 34.8 Å². The number of carbonyl (C=O) groups is 1. The summed E-state index contributed by atoms with van der Waals surface area (Å²) in [6, 6.07) is 3.74. The maximum absolute atomic E-state index is 13.2. The Kier molecular flexibility index (Phi) is 1.93. The highest BCUT2D eigenvalue weighted by molar-refractivity contribution is 6.31. The van der Waals surface area contributed by atoms with Gasteiger partial charge in [-0.3, -0.25) is 0 Å². The Morgan fingerprint density at radius 2 is 2.14 bits per heavy atom. The first-order chi connectivity index (χ1) is 6.58. The molecule has 0 aliphatic carbocycles. The van der Waals surface area contributed by atoms with E-state index in [-0.39, 0.29) is 16.4 Å². The van der Waals surface area contributed by atoms with Crippen molar-refractivity contribution in [1.29, 1.82) is 0 Å². The topological polar surface area (TPSA) is 50.4 Å². The standard InChI is InChI=1S/C9H4ClFO3/c10-5-1-4-2-7(9(12)13)14-8(4)6(11)3-5/h1-3H,(H,12,13). The molecule has 3 nitrogen and oxygen atoms in total. The highest BCUT2D eigenvalue weighted by Crippen LogP contribution is 2.26. The van der Waals surface area contributed by atoms with Crippen molar-refractivity contribution in [3.63, 3.8) is 0 Å². The molecule has 5 heteroatoms. The van der Waals surface area contributed by atoms with Crippen molar-refractivity contribution < 1.29 is 18.7 Å². The predicted octanol–water partition coefficient (Wildman–Crippen LogP) is 2.92. The average molecular weight is 215 g/mol. The molecule has 72 valence electrons. The second kappa shape index (κ2) is 2.99. The Hall–Kier alpha value is -1.55. The van der Waals surface area contributed by atoms with E-state index >= 15 is 0 Å². The number of halogens is 2. The van der Waals surface area contributed by atoms with Gasteiger partial charge < -0.3 is 9.52 Å². The summed E-state index contributed by atoms with van der Waals surface area (Å²) in [4.78, 5) is 10.5. The SMILES string of the molecule is O=C(O)c1cc2cc(Cl)cc(F)c2o1. The molecule has 0 bridgehead atoms. The molecule has 0 radical (unpaired) electrons. The monoisotopic (exact) mass is 214 g/mol. The highest BCUT2D eigenvalue weighted by atomic mass is 35.5. The van der Waals surface area contributed by atoms with E-state index < -0.39 is 11.8 Å². The summed E-state index contributed by atoms with van der Waals surface area (Å²) in [5, 5.41) is 9.14. The van der Waals surface area contributed by atoms with Crippen LogP contribution in [-0.4, -0.2) is 11.1 Å². The molecule has 2 rings (SSSR count). The van der Waals surface area contributed by atoms with Gasteiger partial charge in [0.1, 0.15) is 0 Å². The van der Waals surface area contributed by atoms with Crippen LogP contribution in [0.15, 0.2) is 22.6 Å². The first-order valence-electron chi connectivity index (χ1n) is 3.70. The molecule has 0 unspecified atom stereocenters. The number of benzene rings is 1. The van der Waals surface area contributed by atoms with Crippen LogP contribution in [0.25, 0.3) is 11.0 Å². The lowest BCUT2D eigenvalue weighted by Crippen LogP contribution is -1.91. The molecular weight excluding hydrogens is 211 g/mol. The number of hydrogen-bond donors (Lipinski definition) is 1. The van der Waals surface area contributed by atoms with Crippen molar-refractivity contribution in [2.24, 2.45) is 0 Å². The summed E-state index contributed by atoms with van der Waals surface area (Å²) in [5.41, 5.74) is -0.0909. The number of carboxylic acid groups (broad SMARTS) is 1. The van der Waals surface area contributed by atoms with Crippen LogP contribution in [0.5, 0.6) is 0 Å². The number of fused-ring (bicyclic) bond motifs is 1. The van der Waals surface area contributed by atoms with E-state index in [1.54, 1.807) is 0 Å². The second-order valence-electron chi connectivity index (χ2n) is 2.72. The molecule has 1 heterocycles. The van der Waals surface area contributed by atoms with Gasteiger partial charge in [0.15, 0.2) is 11.4 Å². The van der Waals surface area contributed by atoms with Gasteiger partial charge in [-0.15, -0.1) is 0 Å². The quantitative estimate of drug-likeness (QED) is 0.794. The molecule has 0 saturated heterocycles. The van der Waals surface area contributed by atoms with Crippen molar-refractivity contribution in [1.82, 2.24) is 0 Å². The molecule has 1 N–H and O–H groups in total. The summed E-state index contributed by atoms with van der Waals surface area (Å²) in [6.07, 6.45) is 0. The zero-order chi connectivity index (χ0) is 10.3. The maximum atomic E-state index is 13.2. The van der Waals surface area contributed by atoms with Gasteiger partial charge in [-0.2, -0.15) is 0 Å². The van der Waals surface area contributed by atoms with E-state index in [1.165, 1.54) is 12.1 Å². The fourth-order valence-corrected chi connectivity index (χ4v) is 1.39. The van der Waals surface area contributed by atoms with Crippen LogP contribution in [0.1, 0.15) is 10.6 Å². The first kappa shape index (κ1) is 9.02. The smallest absolute Gasteiger partial charge is 0.371 e. The minimum absolute atomic E-state index is 0.0909. The van der Waals surface area contributed by atoms with Crippen molar-refractivity contribution in [2.75, 3.05) is 0 Å². The third kappa shape index (κ3) is 1.33. The summed E-state index contributed by atoms with van der Waals surface area (Å²) in [7, 11) is 0. The van der Waals surface area contributed by atoms with E-state index in [4.69, 9.17) is 21.1 Å². The van der Waals surface area contributed by atoms with Crippen LogP contribution in [0, 0.1) is 5.82 Å². The van der Waals surface area contributed by atoms with Gasteiger partial charge in [-0.05, 0) is 18.2 Å². The maximum Gasteiger partial charge on any atom is 0.371 e. The van der Waals surface area contributed by atoms with Gasteiger partial charge >= 0.3 is 5.97 Å². The van der Waals surface area contributed by atoms with Gasteiger partial charge in [0.2, 0.25) is 5.76 Å². The van der Waals surface area contributed by atoms with Crippen LogP contribution in [0.3, 0.4) is 0 Å². The summed E-state index contributed by atoms with van der Waals surface area (Å²) in [5.74, 6) is -2.21. The van der Waals surface area contributed by atoms with Crippen LogP contribution in [0.4, 0.5) is 4.39 Å². The molecule has 0 aliphatic heterocycles. The third-order valence-electron chi connectivity index (χ3n) is 1.75. The first-order valence-corrected chi connectivity index (χ1v) is 4.07. The van der Waals surface area contributed by atoms with E-state index in [2.05, 4.69) is 0 Å². The molecule has 2 aromatic rings. The lowest BCUT2D eigenvalue weighted by atomic mass is 10.2. The van der Waals surface area contributed by atoms with Gasteiger partial charge in [-0.25, -0.2) is 9.18 Å². The van der Waals surface area contributed by atoms with E-state index in [1.807, 2.05) is 0 Å². The summed E-state index contributed by atoms with van der Waals surface area (Å²) < 4.78 is 17.9. The van der Waals surface area contributed by atoms with E-state index in [9.17, 15) is 9.18 Å². The van der Waals surface area contributed by atoms with Gasteiger partial charge in [-0.1, -0.05) is 11.6 Å². The Balaban J connectivity index is 2.76. The molecule has 1 aromatic heterocycles. The largest absolute Gasteiger partial charge is 0.475 e. The molecule has 0 amide bonds. The van der Waals surface area contributed by atoms with E-state index in [0.717, 1.165) is 6.07 Å². The van der Waals surface area contributed by atoms with Crippen LogP contribution in [0.2, 0.25) is 5.02 Å². The molecule has 0 aliphatic rings. The third-order valence-corrected chi connectivity index (χ3v) is 1.96. The number of rotatable bonds is 1. The number of furan rings is 1. The van der Waals surface area contributed by atoms with Crippen molar-refractivity contribution in [2.45, 2.75) is 0 Å². The lowest BCUT2D eigenvalue weighted by Gasteiger charge is -1.91. The van der Waals surface area contributed by atoms with Crippen molar-refractivity contribution in [3.8, 4) is 0 Å². The Bertz CT molecular complexity index is 518. The van der Waals surface area contributed by atoms with Gasteiger partial charge in [0.05, 0.1) is 0 Å². The molecule has 14 heavy (non-hydrogen) atoms. The van der Waals surface area contributed by atoms with Gasteiger partial charge in [0, 0.05) is 10.4 Å². The summed E-state index contributed by atoms with van der Waals surface area (Å²) >= 11 is 5.58. The molecule has 0 fully saturated rings. The molecule has 1 aromatic carbocycles. The molecule has 0 atom stereocenters. The fraction of sp³-hybridized carbons (Fsp3) is 0. The predicted molar refractivity (Wildman–Crippen MR) is 48.1 cm³/mol. The minimum atomic E-state index is -1.24. The molecule has 0 spiro atoms. The summed E-state index contributed by atoms with van der Waals surface area (Å²) in [6.45, 7) is 0. The highest BCUT2D eigenvalue weighted by Gasteiger charge is 2.13. The van der Waals surface area contributed by atoms with E-state index in [0.29, 0.717) is 5.39 Å².